The maximum absolute atomic E-state index is 10.7. The number of primary amides is 1. The van der Waals surface area contributed by atoms with Crippen LogP contribution >= 0.6 is 11.6 Å². The molecule has 0 atom stereocenters. The van der Waals surface area contributed by atoms with Crippen LogP contribution in [-0.2, 0) is 5.88 Å². The lowest BCUT2D eigenvalue weighted by Gasteiger charge is -1.99. The first-order valence-electron chi connectivity index (χ1n) is 3.05. The maximum atomic E-state index is 10.7. The topological polar surface area (TPSA) is 56.0 Å². The van der Waals surface area contributed by atoms with Gasteiger partial charge < -0.3 is 5.73 Å². The van der Waals surface area contributed by atoms with Crippen molar-refractivity contribution in [2.75, 3.05) is 0 Å². The molecule has 1 rings (SSSR count). The van der Waals surface area contributed by atoms with Crippen LogP contribution in [0.15, 0.2) is 18.3 Å². The molecular formula is C7H7ClN2O. The van der Waals surface area contributed by atoms with Gasteiger partial charge in [-0.05, 0) is 12.1 Å². The summed E-state index contributed by atoms with van der Waals surface area (Å²) in [6.45, 7) is 0. The summed E-state index contributed by atoms with van der Waals surface area (Å²) in [7, 11) is 0. The molecule has 1 aromatic rings. The van der Waals surface area contributed by atoms with Crippen molar-refractivity contribution in [3.05, 3.63) is 29.6 Å². The molecule has 1 aromatic heterocycles. The van der Waals surface area contributed by atoms with E-state index >= 15 is 0 Å². The highest BCUT2D eigenvalue weighted by Crippen LogP contribution is 2.06. The predicted octanol–water partition coefficient (Wildman–Crippen LogP) is 0.919. The highest BCUT2D eigenvalue weighted by Gasteiger charge is 2.05. The molecule has 0 saturated heterocycles. The molecule has 0 aromatic carbocycles. The first-order chi connectivity index (χ1) is 5.25. The monoisotopic (exact) mass is 170 g/mol. The Hall–Kier alpha value is -1.09. The van der Waals surface area contributed by atoms with Crippen molar-refractivity contribution in [1.82, 2.24) is 4.98 Å². The van der Waals surface area contributed by atoms with Crippen molar-refractivity contribution in [1.29, 1.82) is 0 Å². The fraction of sp³-hybridized carbons (Fsp3) is 0.143. The number of hydrogen-bond acceptors (Lipinski definition) is 2. The zero-order valence-electron chi connectivity index (χ0n) is 5.75. The number of rotatable bonds is 2. The Morgan fingerprint density at radius 3 is 2.91 bits per heavy atom. The number of halogens is 1. The molecule has 0 bridgehead atoms. The van der Waals surface area contributed by atoms with Gasteiger partial charge in [0.25, 0.3) is 5.91 Å². The number of hydrogen-bond donors (Lipinski definition) is 1. The van der Waals surface area contributed by atoms with Crippen LogP contribution < -0.4 is 5.73 Å². The van der Waals surface area contributed by atoms with Gasteiger partial charge in [0.05, 0.1) is 17.1 Å². The van der Waals surface area contributed by atoms with Crippen molar-refractivity contribution in [3.63, 3.8) is 0 Å². The zero-order valence-corrected chi connectivity index (χ0v) is 6.51. The van der Waals surface area contributed by atoms with Crippen LogP contribution in [0, 0.1) is 0 Å². The third-order valence-corrected chi connectivity index (χ3v) is 1.54. The Kier molecular flexibility index (Phi) is 2.44. The molecule has 11 heavy (non-hydrogen) atoms. The SMILES string of the molecule is NC(=O)c1cccnc1CCl. The standard InChI is InChI=1S/C7H7ClN2O/c8-4-6-5(7(9)11)2-1-3-10-6/h1-3H,4H2,(H2,9,11). The molecule has 0 radical (unpaired) electrons. The van der Waals surface area contributed by atoms with Crippen LogP contribution in [0.1, 0.15) is 16.1 Å². The summed E-state index contributed by atoms with van der Waals surface area (Å²) >= 11 is 5.51. The van der Waals surface area contributed by atoms with E-state index in [0.717, 1.165) is 0 Å². The number of pyridine rings is 1. The Morgan fingerprint density at radius 1 is 1.73 bits per heavy atom. The van der Waals surface area contributed by atoms with E-state index < -0.39 is 5.91 Å². The Morgan fingerprint density at radius 2 is 2.45 bits per heavy atom. The molecule has 1 heterocycles. The molecule has 0 aliphatic carbocycles. The van der Waals surface area contributed by atoms with Crippen LogP contribution in [0.5, 0.6) is 0 Å². The van der Waals surface area contributed by atoms with E-state index in [2.05, 4.69) is 4.98 Å². The summed E-state index contributed by atoms with van der Waals surface area (Å²) < 4.78 is 0. The lowest BCUT2D eigenvalue weighted by Crippen LogP contribution is -2.13. The molecule has 0 aliphatic heterocycles. The zero-order chi connectivity index (χ0) is 8.27. The van der Waals surface area contributed by atoms with Crippen molar-refractivity contribution in [2.24, 2.45) is 5.73 Å². The third kappa shape index (κ3) is 1.68. The molecule has 0 unspecified atom stereocenters. The number of nitrogens with zero attached hydrogens (tertiary/aromatic N) is 1. The minimum Gasteiger partial charge on any atom is -0.366 e. The van der Waals surface area contributed by atoms with E-state index in [-0.39, 0.29) is 5.88 Å². The molecule has 1 amide bonds. The van der Waals surface area contributed by atoms with E-state index in [9.17, 15) is 4.79 Å². The van der Waals surface area contributed by atoms with Gasteiger partial charge in [-0.3, -0.25) is 9.78 Å². The Labute approximate surface area is 69.2 Å². The van der Waals surface area contributed by atoms with E-state index in [1.165, 1.54) is 0 Å². The quantitative estimate of drug-likeness (QED) is 0.671. The van der Waals surface area contributed by atoms with Crippen LogP contribution in [0.25, 0.3) is 0 Å². The van der Waals surface area contributed by atoms with Gasteiger partial charge in [-0.1, -0.05) is 0 Å². The summed E-state index contributed by atoms with van der Waals surface area (Å²) in [6, 6.07) is 3.25. The van der Waals surface area contributed by atoms with Crippen molar-refractivity contribution in [2.45, 2.75) is 5.88 Å². The molecular weight excluding hydrogens is 164 g/mol. The maximum Gasteiger partial charge on any atom is 0.250 e. The van der Waals surface area contributed by atoms with Gasteiger partial charge in [0.1, 0.15) is 0 Å². The fourth-order valence-electron chi connectivity index (χ4n) is 0.769. The Bertz CT molecular complexity index is 275. The third-order valence-electron chi connectivity index (χ3n) is 1.28. The molecule has 0 saturated carbocycles. The first-order valence-corrected chi connectivity index (χ1v) is 3.59. The average molecular weight is 171 g/mol. The summed E-state index contributed by atoms with van der Waals surface area (Å²) in [6.07, 6.45) is 1.57. The Balaban J connectivity index is 3.12. The minimum atomic E-state index is -0.492. The van der Waals surface area contributed by atoms with Gasteiger partial charge in [-0.25, -0.2) is 0 Å². The van der Waals surface area contributed by atoms with Crippen molar-refractivity contribution >= 4 is 17.5 Å². The second-order valence-corrected chi connectivity index (χ2v) is 2.26. The normalized spacial score (nSPS) is 9.55. The number of nitrogens with two attached hydrogens (primary N) is 1. The van der Waals surface area contributed by atoms with Gasteiger partial charge in [-0.15, -0.1) is 11.6 Å². The molecule has 3 nitrogen and oxygen atoms in total. The number of aromatic nitrogens is 1. The van der Waals surface area contributed by atoms with E-state index in [1.54, 1.807) is 18.3 Å². The summed E-state index contributed by atoms with van der Waals surface area (Å²) in [5.41, 5.74) is 5.97. The minimum absolute atomic E-state index is 0.207. The van der Waals surface area contributed by atoms with Crippen molar-refractivity contribution < 1.29 is 4.79 Å². The molecule has 58 valence electrons. The van der Waals surface area contributed by atoms with Crippen LogP contribution in [-0.4, -0.2) is 10.9 Å². The lowest BCUT2D eigenvalue weighted by molar-refractivity contribution is 0.0999. The fourth-order valence-corrected chi connectivity index (χ4v) is 0.982. The summed E-state index contributed by atoms with van der Waals surface area (Å²) in [5, 5.41) is 0. The number of carbonyl (C=O) groups excluding carboxylic acids is 1. The van der Waals surface area contributed by atoms with Gasteiger partial charge in [0.15, 0.2) is 0 Å². The summed E-state index contributed by atoms with van der Waals surface area (Å²) in [4.78, 5) is 14.6. The van der Waals surface area contributed by atoms with Gasteiger partial charge >= 0.3 is 0 Å². The van der Waals surface area contributed by atoms with Crippen LogP contribution in [0.3, 0.4) is 0 Å². The summed E-state index contributed by atoms with van der Waals surface area (Å²) in [5.74, 6) is -0.284. The second kappa shape index (κ2) is 3.34. The highest BCUT2D eigenvalue weighted by molar-refractivity contribution is 6.17. The van der Waals surface area contributed by atoms with Crippen LogP contribution in [0.4, 0.5) is 0 Å². The number of amides is 1. The van der Waals surface area contributed by atoms with Gasteiger partial charge in [-0.2, -0.15) is 0 Å². The number of alkyl halides is 1. The van der Waals surface area contributed by atoms with Gasteiger partial charge in [0.2, 0.25) is 0 Å². The van der Waals surface area contributed by atoms with E-state index in [4.69, 9.17) is 17.3 Å². The average Bonchev–Trinajstić information content (AvgIpc) is 2.04. The first kappa shape index (κ1) is 8.01. The van der Waals surface area contributed by atoms with E-state index in [1.807, 2.05) is 0 Å². The smallest absolute Gasteiger partial charge is 0.250 e. The lowest BCUT2D eigenvalue weighted by atomic mass is 10.2. The molecule has 0 spiro atoms. The largest absolute Gasteiger partial charge is 0.366 e. The molecule has 2 N–H and O–H groups in total. The molecule has 0 aliphatic rings. The molecule has 4 heteroatoms. The van der Waals surface area contributed by atoms with Crippen molar-refractivity contribution in [3.8, 4) is 0 Å². The molecule has 0 fully saturated rings. The second-order valence-electron chi connectivity index (χ2n) is 2.00. The van der Waals surface area contributed by atoms with Crippen LogP contribution in [0.2, 0.25) is 0 Å². The van der Waals surface area contributed by atoms with E-state index in [0.29, 0.717) is 11.3 Å². The predicted molar refractivity (Wildman–Crippen MR) is 42.3 cm³/mol. The number of carbonyl (C=O) groups is 1. The van der Waals surface area contributed by atoms with Gasteiger partial charge in [0, 0.05) is 6.20 Å². The highest BCUT2D eigenvalue weighted by atomic mass is 35.5.